The van der Waals surface area contributed by atoms with Gasteiger partial charge >= 0.3 is 5.97 Å². The monoisotopic (exact) mass is 974 g/mol. The molecular formula is C58H103NO10. The van der Waals surface area contributed by atoms with E-state index in [-0.39, 0.29) is 18.5 Å². The van der Waals surface area contributed by atoms with Crippen molar-refractivity contribution in [1.82, 2.24) is 5.32 Å². The molecule has 0 aliphatic carbocycles. The van der Waals surface area contributed by atoms with Gasteiger partial charge in [0.15, 0.2) is 6.29 Å². The minimum atomic E-state index is -1.58. The van der Waals surface area contributed by atoms with Gasteiger partial charge in [0.05, 0.1) is 32.0 Å². The highest BCUT2D eigenvalue weighted by molar-refractivity contribution is 5.76. The van der Waals surface area contributed by atoms with Gasteiger partial charge in [0, 0.05) is 12.8 Å². The topological polar surface area (TPSA) is 175 Å². The summed E-state index contributed by atoms with van der Waals surface area (Å²) >= 11 is 0. The number of nitrogens with one attached hydrogen (secondary N) is 1. The second-order valence-electron chi connectivity index (χ2n) is 19.3. The number of unbranched alkanes of at least 4 members (excludes halogenated alkanes) is 25. The Kier molecular flexibility index (Phi) is 44.5. The van der Waals surface area contributed by atoms with Crippen molar-refractivity contribution in [1.29, 1.82) is 0 Å². The minimum absolute atomic E-state index is 0.0481. The standard InChI is InChI=1S/C58H103NO10/c1-3-5-7-9-11-13-15-16-23-26-30-34-38-42-46-54(63)67-47-43-39-35-31-27-24-21-19-17-18-20-22-25-29-33-37-41-45-53(62)59-50(49-68-58-57(66)56(65)55(64)52(48-60)69-58)51(61)44-40-36-32-28-14-12-10-8-6-4-2/h9,11,15-17,19,24,27,40,44,50-52,55-58,60-61,64-66H,3-8,10,12-14,18,20-23,25-26,28-39,41-43,45-49H2,1-2H3,(H,59,62)/b11-9-,16-15-,19-17-,27-24-,44-40+. The molecule has 1 amide bonds. The number of allylic oxidation sites excluding steroid dienone is 9. The first-order valence-corrected chi connectivity index (χ1v) is 28.1. The molecule has 0 radical (unpaired) electrons. The molecule has 0 aromatic carbocycles. The van der Waals surface area contributed by atoms with Gasteiger partial charge in [0.25, 0.3) is 0 Å². The molecule has 69 heavy (non-hydrogen) atoms. The average Bonchev–Trinajstić information content (AvgIpc) is 3.34. The van der Waals surface area contributed by atoms with Gasteiger partial charge in [0.2, 0.25) is 5.91 Å². The van der Waals surface area contributed by atoms with Gasteiger partial charge < -0.3 is 45.1 Å². The number of rotatable bonds is 47. The van der Waals surface area contributed by atoms with Gasteiger partial charge in [-0.05, 0) is 96.3 Å². The van der Waals surface area contributed by atoms with E-state index in [0.717, 1.165) is 109 Å². The van der Waals surface area contributed by atoms with E-state index in [2.05, 4.69) is 67.8 Å². The number of amides is 1. The SMILES string of the molecule is CCCC/C=C\C/C=C\CCCCCCCC(=O)OCCCCC/C=C\C/C=C\CCCCCCCCCC(=O)NC(COC1OC(CO)C(O)C(O)C1O)C(O)/C=C/CCCCCCCCCC. The van der Waals surface area contributed by atoms with Gasteiger partial charge in [-0.3, -0.25) is 9.59 Å². The molecule has 0 aromatic rings. The number of aliphatic hydroxyl groups is 5. The van der Waals surface area contributed by atoms with E-state index in [1.165, 1.54) is 96.3 Å². The van der Waals surface area contributed by atoms with Gasteiger partial charge in [-0.25, -0.2) is 0 Å². The van der Waals surface area contributed by atoms with Crippen molar-refractivity contribution in [3.8, 4) is 0 Å². The molecule has 0 spiro atoms. The van der Waals surface area contributed by atoms with Crippen molar-refractivity contribution in [3.05, 3.63) is 60.8 Å². The lowest BCUT2D eigenvalue weighted by atomic mass is 9.99. The van der Waals surface area contributed by atoms with E-state index in [4.69, 9.17) is 14.2 Å². The number of ether oxygens (including phenoxy) is 3. The molecule has 0 saturated carbocycles. The highest BCUT2D eigenvalue weighted by Gasteiger charge is 2.44. The van der Waals surface area contributed by atoms with Gasteiger partial charge in [-0.2, -0.15) is 0 Å². The van der Waals surface area contributed by atoms with Gasteiger partial charge in [-0.15, -0.1) is 0 Å². The first-order chi connectivity index (χ1) is 33.7. The summed E-state index contributed by atoms with van der Waals surface area (Å²) in [4.78, 5) is 25.0. The van der Waals surface area contributed by atoms with Crippen LogP contribution in [0.2, 0.25) is 0 Å². The van der Waals surface area contributed by atoms with Crippen LogP contribution in [0.25, 0.3) is 0 Å². The van der Waals surface area contributed by atoms with E-state index in [0.29, 0.717) is 19.4 Å². The third kappa shape index (κ3) is 37.8. The summed E-state index contributed by atoms with van der Waals surface area (Å²) < 4.78 is 16.6. The number of hydrogen-bond acceptors (Lipinski definition) is 10. The molecular weight excluding hydrogens is 871 g/mol. The van der Waals surface area contributed by atoms with Crippen LogP contribution in [0.4, 0.5) is 0 Å². The van der Waals surface area contributed by atoms with E-state index < -0.39 is 49.5 Å². The summed E-state index contributed by atoms with van der Waals surface area (Å²) in [5.41, 5.74) is 0. The molecule has 0 aromatic heterocycles. The fourth-order valence-corrected chi connectivity index (χ4v) is 8.30. The van der Waals surface area contributed by atoms with E-state index >= 15 is 0 Å². The highest BCUT2D eigenvalue weighted by atomic mass is 16.7. The van der Waals surface area contributed by atoms with E-state index in [1.807, 2.05) is 6.08 Å². The largest absolute Gasteiger partial charge is 0.466 e. The summed E-state index contributed by atoms with van der Waals surface area (Å²) in [7, 11) is 0. The van der Waals surface area contributed by atoms with E-state index in [1.54, 1.807) is 6.08 Å². The fourth-order valence-electron chi connectivity index (χ4n) is 8.30. The third-order valence-electron chi connectivity index (χ3n) is 12.8. The molecule has 400 valence electrons. The second kappa shape index (κ2) is 47.7. The van der Waals surface area contributed by atoms with Crippen molar-refractivity contribution in [2.75, 3.05) is 19.8 Å². The Morgan fingerprint density at radius 2 is 0.986 bits per heavy atom. The molecule has 1 aliphatic rings. The van der Waals surface area contributed by atoms with Crippen LogP contribution >= 0.6 is 0 Å². The maximum absolute atomic E-state index is 13.0. The molecule has 1 rings (SSSR count). The third-order valence-corrected chi connectivity index (χ3v) is 12.8. The van der Waals surface area contributed by atoms with Crippen molar-refractivity contribution in [2.24, 2.45) is 0 Å². The zero-order chi connectivity index (χ0) is 50.3. The van der Waals surface area contributed by atoms with Crippen molar-refractivity contribution in [3.63, 3.8) is 0 Å². The Hall–Kier alpha value is -2.64. The average molecular weight is 974 g/mol. The first kappa shape index (κ1) is 64.4. The van der Waals surface area contributed by atoms with Gasteiger partial charge in [-0.1, -0.05) is 184 Å². The lowest BCUT2D eigenvalue weighted by Gasteiger charge is -2.40. The van der Waals surface area contributed by atoms with Crippen LogP contribution in [0.15, 0.2) is 60.8 Å². The summed E-state index contributed by atoms with van der Waals surface area (Å²) in [6, 6.07) is -0.822. The number of carbonyl (C=O) groups excluding carboxylic acids is 2. The van der Waals surface area contributed by atoms with Crippen LogP contribution in [0.1, 0.15) is 232 Å². The van der Waals surface area contributed by atoms with Crippen LogP contribution in [0.5, 0.6) is 0 Å². The summed E-state index contributed by atoms with van der Waals surface area (Å²) in [6.07, 6.45) is 50.2. The molecule has 0 bridgehead atoms. The quantitative estimate of drug-likeness (QED) is 0.0196. The molecule has 1 saturated heterocycles. The van der Waals surface area contributed by atoms with Crippen LogP contribution in [0.3, 0.4) is 0 Å². The zero-order valence-electron chi connectivity index (χ0n) is 43.8. The summed E-state index contributed by atoms with van der Waals surface area (Å²) in [6.45, 7) is 4.20. The van der Waals surface area contributed by atoms with E-state index in [9.17, 15) is 35.1 Å². The molecule has 1 fully saturated rings. The Morgan fingerprint density at radius 3 is 1.51 bits per heavy atom. The number of hydrogen-bond donors (Lipinski definition) is 6. The summed E-state index contributed by atoms with van der Waals surface area (Å²) in [5, 5.41) is 54.2. The maximum Gasteiger partial charge on any atom is 0.305 e. The Bertz CT molecular complexity index is 1330. The first-order valence-electron chi connectivity index (χ1n) is 28.1. The molecule has 7 unspecified atom stereocenters. The molecule has 11 heteroatoms. The predicted octanol–water partition coefficient (Wildman–Crippen LogP) is 12.3. The number of carbonyl (C=O) groups is 2. The molecule has 11 nitrogen and oxygen atoms in total. The van der Waals surface area contributed by atoms with Crippen molar-refractivity contribution < 1.29 is 49.3 Å². The van der Waals surface area contributed by atoms with Crippen molar-refractivity contribution in [2.45, 2.75) is 275 Å². The Labute approximate surface area is 420 Å². The maximum atomic E-state index is 13.0. The molecule has 6 N–H and O–H groups in total. The van der Waals surface area contributed by atoms with Gasteiger partial charge in [0.1, 0.15) is 24.4 Å². The number of aliphatic hydroxyl groups excluding tert-OH is 5. The fraction of sp³-hybridized carbons (Fsp3) is 0.793. The normalized spacial score (nSPS) is 19.8. The predicted molar refractivity (Wildman–Crippen MR) is 283 cm³/mol. The van der Waals surface area contributed by atoms with Crippen molar-refractivity contribution >= 4 is 11.9 Å². The van der Waals surface area contributed by atoms with Crippen LogP contribution in [-0.2, 0) is 23.8 Å². The Morgan fingerprint density at radius 1 is 0.536 bits per heavy atom. The smallest absolute Gasteiger partial charge is 0.305 e. The number of esters is 1. The second-order valence-corrected chi connectivity index (χ2v) is 19.3. The zero-order valence-corrected chi connectivity index (χ0v) is 43.8. The van der Waals surface area contributed by atoms with Crippen LogP contribution in [0, 0.1) is 0 Å². The summed E-state index contributed by atoms with van der Waals surface area (Å²) in [5.74, 6) is -0.250. The molecule has 7 atom stereocenters. The Balaban J connectivity index is 2.12. The van der Waals surface area contributed by atoms with Crippen LogP contribution in [-0.4, -0.2) is 100 Å². The minimum Gasteiger partial charge on any atom is -0.466 e. The highest BCUT2D eigenvalue weighted by Crippen LogP contribution is 2.23. The molecule has 1 heterocycles. The lowest BCUT2D eigenvalue weighted by molar-refractivity contribution is -0.302. The molecule has 1 aliphatic heterocycles. The lowest BCUT2D eigenvalue weighted by Crippen LogP contribution is -2.60. The van der Waals surface area contributed by atoms with Crippen LogP contribution < -0.4 is 5.32 Å².